The highest BCUT2D eigenvalue weighted by Gasteiger charge is 2.20. The van der Waals surface area contributed by atoms with E-state index in [1.165, 1.54) is 12.8 Å². The molecule has 0 heterocycles. The van der Waals surface area contributed by atoms with Crippen LogP contribution in [0, 0.1) is 0 Å². The van der Waals surface area contributed by atoms with Crippen LogP contribution in [0.25, 0.3) is 0 Å². The Morgan fingerprint density at radius 1 is 1.50 bits per heavy atom. The van der Waals surface area contributed by atoms with Gasteiger partial charge in [0.1, 0.15) is 0 Å². The van der Waals surface area contributed by atoms with Crippen LogP contribution in [0.4, 0.5) is 0 Å². The molecule has 0 aromatic carbocycles. The van der Waals surface area contributed by atoms with Gasteiger partial charge in [0.15, 0.2) is 0 Å². The molecule has 1 unspecified atom stereocenters. The van der Waals surface area contributed by atoms with Crippen LogP contribution in [0.3, 0.4) is 0 Å². The van der Waals surface area contributed by atoms with Crippen molar-refractivity contribution in [3.63, 3.8) is 0 Å². The molecule has 0 saturated heterocycles. The summed E-state index contributed by atoms with van der Waals surface area (Å²) < 4.78 is -0.0187. The van der Waals surface area contributed by atoms with E-state index in [1.807, 2.05) is 0 Å². The van der Waals surface area contributed by atoms with E-state index in [4.69, 9.17) is 5.73 Å². The van der Waals surface area contributed by atoms with Crippen LogP contribution in [0.1, 0.15) is 40.0 Å². The first-order valence-electron chi connectivity index (χ1n) is 3.96. The standard InChI is InChI=1S/C8H19NS/c1-4-5-6-7(9)8(2,3)10/h7,10H,4-6,9H2,1-3H3. The molecule has 1 nitrogen and oxygen atoms in total. The number of rotatable bonds is 4. The van der Waals surface area contributed by atoms with Gasteiger partial charge in [0.25, 0.3) is 0 Å². The van der Waals surface area contributed by atoms with Gasteiger partial charge in [-0.15, -0.1) is 0 Å². The van der Waals surface area contributed by atoms with E-state index >= 15 is 0 Å². The van der Waals surface area contributed by atoms with E-state index in [0.29, 0.717) is 0 Å². The average Bonchev–Trinajstić information content (AvgIpc) is 1.80. The Kier molecular flexibility index (Phi) is 4.37. The Balaban J connectivity index is 3.52. The summed E-state index contributed by atoms with van der Waals surface area (Å²) in [5, 5.41) is 0. The molecule has 2 N–H and O–H groups in total. The largest absolute Gasteiger partial charge is 0.326 e. The monoisotopic (exact) mass is 161 g/mol. The van der Waals surface area contributed by atoms with Crippen molar-refractivity contribution < 1.29 is 0 Å². The van der Waals surface area contributed by atoms with Crippen LogP contribution in [-0.2, 0) is 0 Å². The zero-order valence-electron chi connectivity index (χ0n) is 7.22. The quantitative estimate of drug-likeness (QED) is 0.607. The third-order valence-electron chi connectivity index (χ3n) is 1.78. The molecule has 1 atom stereocenters. The molecule has 0 radical (unpaired) electrons. The molecule has 0 aliphatic rings. The van der Waals surface area contributed by atoms with Crippen molar-refractivity contribution in [1.82, 2.24) is 0 Å². The third-order valence-corrected chi connectivity index (χ3v) is 2.11. The lowest BCUT2D eigenvalue weighted by Gasteiger charge is -2.25. The molecule has 0 aliphatic heterocycles. The van der Waals surface area contributed by atoms with Crippen LogP contribution in [0.15, 0.2) is 0 Å². The molecule has 0 amide bonds. The van der Waals surface area contributed by atoms with E-state index in [0.717, 1.165) is 6.42 Å². The normalized spacial score (nSPS) is 15.3. The molecule has 2 heteroatoms. The fraction of sp³-hybridized carbons (Fsp3) is 1.00. The first-order chi connectivity index (χ1) is 4.48. The smallest absolute Gasteiger partial charge is 0.0224 e. The van der Waals surface area contributed by atoms with Crippen molar-refractivity contribution in [1.29, 1.82) is 0 Å². The van der Waals surface area contributed by atoms with Gasteiger partial charge >= 0.3 is 0 Å². The van der Waals surface area contributed by atoms with Crippen LogP contribution >= 0.6 is 12.6 Å². The Bertz CT molecular complexity index is 85.7. The molecule has 0 spiro atoms. The van der Waals surface area contributed by atoms with Crippen molar-refractivity contribution in [2.24, 2.45) is 5.73 Å². The van der Waals surface area contributed by atoms with Crippen molar-refractivity contribution in [2.75, 3.05) is 0 Å². The number of unbranched alkanes of at least 4 members (excludes halogenated alkanes) is 1. The van der Waals surface area contributed by atoms with Gasteiger partial charge < -0.3 is 5.73 Å². The minimum absolute atomic E-state index is 0.0187. The molecule has 0 saturated carbocycles. The summed E-state index contributed by atoms with van der Waals surface area (Å²) in [5.41, 5.74) is 5.86. The Morgan fingerprint density at radius 2 is 2.00 bits per heavy atom. The summed E-state index contributed by atoms with van der Waals surface area (Å²) in [6, 6.07) is 0.232. The van der Waals surface area contributed by atoms with Crippen molar-refractivity contribution in [2.45, 2.75) is 50.8 Å². The number of hydrogen-bond acceptors (Lipinski definition) is 2. The molecule has 0 aromatic heterocycles. The Hall–Kier alpha value is 0.310. The summed E-state index contributed by atoms with van der Waals surface area (Å²) in [6.45, 7) is 6.31. The van der Waals surface area contributed by atoms with Gasteiger partial charge in [0, 0.05) is 10.8 Å². The molecule has 0 aromatic rings. The number of nitrogens with two attached hydrogens (primary N) is 1. The molecule has 0 aliphatic carbocycles. The highest BCUT2D eigenvalue weighted by atomic mass is 32.1. The maximum Gasteiger partial charge on any atom is 0.0224 e. The van der Waals surface area contributed by atoms with Crippen LogP contribution in [0.2, 0.25) is 0 Å². The van der Waals surface area contributed by atoms with Crippen molar-refractivity contribution in [3.05, 3.63) is 0 Å². The summed E-state index contributed by atoms with van der Waals surface area (Å²) >= 11 is 4.40. The van der Waals surface area contributed by atoms with Crippen molar-refractivity contribution in [3.8, 4) is 0 Å². The van der Waals surface area contributed by atoms with Gasteiger partial charge in [-0.2, -0.15) is 12.6 Å². The van der Waals surface area contributed by atoms with E-state index < -0.39 is 0 Å². The second-order valence-electron chi connectivity index (χ2n) is 3.40. The molecule has 62 valence electrons. The minimum atomic E-state index is -0.0187. The lowest BCUT2D eigenvalue weighted by molar-refractivity contribution is 0.488. The zero-order valence-corrected chi connectivity index (χ0v) is 8.12. The van der Waals surface area contributed by atoms with E-state index in [-0.39, 0.29) is 10.8 Å². The second kappa shape index (κ2) is 4.24. The highest BCUT2D eigenvalue weighted by molar-refractivity contribution is 7.81. The third kappa shape index (κ3) is 4.18. The van der Waals surface area contributed by atoms with Gasteiger partial charge in [-0.05, 0) is 20.3 Å². The predicted octanol–water partition coefficient (Wildman–Crippen LogP) is 2.21. The van der Waals surface area contributed by atoms with Gasteiger partial charge in [-0.1, -0.05) is 19.8 Å². The Labute approximate surface area is 69.8 Å². The maximum atomic E-state index is 5.86. The Morgan fingerprint density at radius 3 is 2.30 bits per heavy atom. The fourth-order valence-corrected chi connectivity index (χ4v) is 0.906. The first-order valence-corrected chi connectivity index (χ1v) is 4.41. The van der Waals surface area contributed by atoms with Crippen LogP contribution in [-0.4, -0.2) is 10.8 Å². The van der Waals surface area contributed by atoms with Crippen LogP contribution in [0.5, 0.6) is 0 Å². The summed E-state index contributed by atoms with van der Waals surface area (Å²) in [5.74, 6) is 0. The van der Waals surface area contributed by atoms with Gasteiger partial charge in [0.2, 0.25) is 0 Å². The highest BCUT2D eigenvalue weighted by Crippen LogP contribution is 2.19. The molecule has 0 rings (SSSR count). The number of thiol groups is 1. The predicted molar refractivity (Wildman–Crippen MR) is 50.6 cm³/mol. The SMILES string of the molecule is CCCCC(N)C(C)(C)S. The molecular weight excluding hydrogens is 142 g/mol. The number of hydrogen-bond donors (Lipinski definition) is 2. The molecule has 0 bridgehead atoms. The van der Waals surface area contributed by atoms with Gasteiger partial charge in [-0.25, -0.2) is 0 Å². The summed E-state index contributed by atoms with van der Waals surface area (Å²) in [7, 11) is 0. The lowest BCUT2D eigenvalue weighted by Crippen LogP contribution is -2.38. The topological polar surface area (TPSA) is 26.0 Å². The van der Waals surface area contributed by atoms with E-state index in [2.05, 4.69) is 33.4 Å². The lowest BCUT2D eigenvalue weighted by atomic mass is 9.99. The van der Waals surface area contributed by atoms with Crippen molar-refractivity contribution >= 4 is 12.6 Å². The first kappa shape index (κ1) is 10.3. The molecule has 10 heavy (non-hydrogen) atoms. The molecular formula is C8H19NS. The van der Waals surface area contributed by atoms with Gasteiger partial charge in [0.05, 0.1) is 0 Å². The summed E-state index contributed by atoms with van der Waals surface area (Å²) in [4.78, 5) is 0. The van der Waals surface area contributed by atoms with E-state index in [9.17, 15) is 0 Å². The fourth-order valence-electron chi connectivity index (χ4n) is 0.777. The molecule has 0 fully saturated rings. The summed E-state index contributed by atoms with van der Waals surface area (Å²) in [6.07, 6.45) is 3.52. The average molecular weight is 161 g/mol. The zero-order chi connectivity index (χ0) is 8.20. The minimum Gasteiger partial charge on any atom is -0.326 e. The second-order valence-corrected chi connectivity index (χ2v) is 4.56. The maximum absolute atomic E-state index is 5.86. The van der Waals surface area contributed by atoms with E-state index in [1.54, 1.807) is 0 Å². The van der Waals surface area contributed by atoms with Crippen LogP contribution < -0.4 is 5.73 Å². The van der Waals surface area contributed by atoms with Gasteiger partial charge in [-0.3, -0.25) is 0 Å².